The molecule has 7 nitrogen and oxygen atoms in total. The first-order valence-electron chi connectivity index (χ1n) is 12.3. The predicted molar refractivity (Wildman–Crippen MR) is 147 cm³/mol. The maximum absolute atomic E-state index is 13.6. The summed E-state index contributed by atoms with van der Waals surface area (Å²) in [4.78, 5) is 43.2. The predicted octanol–water partition coefficient (Wildman–Crippen LogP) is 4.97. The van der Waals surface area contributed by atoms with Crippen molar-refractivity contribution in [1.29, 1.82) is 0 Å². The Kier molecular flexibility index (Phi) is 8.38. The van der Waals surface area contributed by atoms with E-state index in [0.717, 1.165) is 11.1 Å². The second-order valence-electron chi connectivity index (χ2n) is 9.03. The molecule has 0 aliphatic rings. The van der Waals surface area contributed by atoms with Crippen molar-refractivity contribution in [2.45, 2.75) is 20.0 Å². The Hall–Kier alpha value is -4.65. The second-order valence-corrected chi connectivity index (χ2v) is 9.03. The molecule has 4 rings (SSSR count). The number of benzene rings is 3. The molecule has 0 N–H and O–H groups in total. The van der Waals surface area contributed by atoms with Crippen molar-refractivity contribution in [3.8, 4) is 5.75 Å². The van der Waals surface area contributed by atoms with Gasteiger partial charge in [0.15, 0.2) is 5.43 Å². The molecule has 0 fully saturated rings. The SMILES string of the molecule is C=CCN(CC(=O)N(Cc1ccccc1)Cc1coc2ccc(C)cc2c1=O)C(=O)c1ccc(OC)cc1. The Morgan fingerprint density at radius 1 is 0.974 bits per heavy atom. The summed E-state index contributed by atoms with van der Waals surface area (Å²) in [6.07, 6.45) is 2.99. The van der Waals surface area contributed by atoms with Crippen LogP contribution in [0.4, 0.5) is 0 Å². The smallest absolute Gasteiger partial charge is 0.254 e. The number of carbonyl (C=O) groups excluding carboxylic acids is 2. The van der Waals surface area contributed by atoms with Gasteiger partial charge in [0.25, 0.3) is 5.91 Å². The summed E-state index contributed by atoms with van der Waals surface area (Å²) >= 11 is 0. The van der Waals surface area contributed by atoms with Crippen molar-refractivity contribution in [3.05, 3.63) is 124 Å². The van der Waals surface area contributed by atoms with Crippen LogP contribution in [0, 0.1) is 6.92 Å². The van der Waals surface area contributed by atoms with E-state index in [1.807, 2.05) is 43.3 Å². The fourth-order valence-electron chi connectivity index (χ4n) is 4.19. The highest BCUT2D eigenvalue weighted by Crippen LogP contribution is 2.17. The molecular formula is C31H30N2O5. The van der Waals surface area contributed by atoms with Crippen molar-refractivity contribution in [3.63, 3.8) is 0 Å². The zero-order chi connectivity index (χ0) is 27.1. The first-order valence-corrected chi connectivity index (χ1v) is 12.3. The van der Waals surface area contributed by atoms with E-state index in [2.05, 4.69) is 6.58 Å². The van der Waals surface area contributed by atoms with Crippen molar-refractivity contribution in [2.75, 3.05) is 20.2 Å². The monoisotopic (exact) mass is 510 g/mol. The number of nitrogens with zero attached hydrogens (tertiary/aromatic N) is 2. The van der Waals surface area contributed by atoms with Crippen LogP contribution < -0.4 is 10.2 Å². The number of hydrogen-bond acceptors (Lipinski definition) is 5. The van der Waals surface area contributed by atoms with Crippen LogP contribution in [-0.2, 0) is 17.9 Å². The highest BCUT2D eigenvalue weighted by Gasteiger charge is 2.23. The molecule has 1 heterocycles. The summed E-state index contributed by atoms with van der Waals surface area (Å²) in [5.41, 5.74) is 2.95. The second kappa shape index (κ2) is 12.1. The lowest BCUT2D eigenvalue weighted by atomic mass is 10.1. The summed E-state index contributed by atoms with van der Waals surface area (Å²) in [5, 5.41) is 0.470. The van der Waals surface area contributed by atoms with E-state index in [1.165, 1.54) is 11.2 Å². The molecule has 0 atom stereocenters. The number of hydrogen-bond donors (Lipinski definition) is 0. The molecule has 7 heteroatoms. The molecule has 0 bridgehead atoms. The van der Waals surface area contributed by atoms with Crippen LogP contribution in [-0.4, -0.2) is 41.8 Å². The van der Waals surface area contributed by atoms with Crippen molar-refractivity contribution >= 4 is 22.8 Å². The molecule has 2 amide bonds. The quantitative estimate of drug-likeness (QED) is 0.282. The largest absolute Gasteiger partial charge is 0.497 e. The van der Waals surface area contributed by atoms with Crippen LogP contribution in [0.25, 0.3) is 11.0 Å². The van der Waals surface area contributed by atoms with Crippen LogP contribution >= 0.6 is 0 Å². The normalized spacial score (nSPS) is 10.7. The van der Waals surface area contributed by atoms with E-state index in [1.54, 1.807) is 54.5 Å². The average Bonchev–Trinajstić information content (AvgIpc) is 2.94. The highest BCUT2D eigenvalue weighted by atomic mass is 16.5. The van der Waals surface area contributed by atoms with E-state index in [-0.39, 0.29) is 43.4 Å². The molecule has 1 aromatic heterocycles. The average molecular weight is 511 g/mol. The van der Waals surface area contributed by atoms with Gasteiger partial charge < -0.3 is 19.0 Å². The molecule has 3 aromatic carbocycles. The number of methoxy groups -OCH3 is 1. The third-order valence-electron chi connectivity index (χ3n) is 6.23. The Morgan fingerprint density at radius 3 is 2.39 bits per heavy atom. The molecule has 38 heavy (non-hydrogen) atoms. The fourth-order valence-corrected chi connectivity index (χ4v) is 4.19. The van der Waals surface area contributed by atoms with E-state index in [9.17, 15) is 14.4 Å². The fraction of sp³-hybridized carbons (Fsp3) is 0.194. The maximum atomic E-state index is 13.6. The van der Waals surface area contributed by atoms with E-state index >= 15 is 0 Å². The molecule has 0 aliphatic carbocycles. The van der Waals surface area contributed by atoms with Crippen LogP contribution in [0.1, 0.15) is 27.0 Å². The van der Waals surface area contributed by atoms with E-state index in [0.29, 0.717) is 27.8 Å². The Bertz CT molecular complexity index is 1490. The minimum atomic E-state index is -0.304. The van der Waals surface area contributed by atoms with Gasteiger partial charge in [-0.25, -0.2) is 0 Å². The van der Waals surface area contributed by atoms with Gasteiger partial charge in [-0.2, -0.15) is 0 Å². The molecule has 0 saturated heterocycles. The van der Waals surface area contributed by atoms with Gasteiger partial charge in [0.2, 0.25) is 5.91 Å². The lowest BCUT2D eigenvalue weighted by molar-refractivity contribution is -0.133. The number of amides is 2. The zero-order valence-electron chi connectivity index (χ0n) is 21.6. The Morgan fingerprint density at radius 2 is 1.71 bits per heavy atom. The van der Waals surface area contributed by atoms with Crippen molar-refractivity contribution in [2.24, 2.45) is 0 Å². The summed E-state index contributed by atoms with van der Waals surface area (Å²) in [5.74, 6) is 0.0221. The van der Waals surface area contributed by atoms with Gasteiger partial charge in [-0.3, -0.25) is 14.4 Å². The van der Waals surface area contributed by atoms with Crippen LogP contribution in [0.15, 0.2) is 101 Å². The van der Waals surface area contributed by atoms with Gasteiger partial charge in [-0.05, 0) is 48.9 Å². The third kappa shape index (κ3) is 6.18. The minimum absolute atomic E-state index is 0.0403. The summed E-state index contributed by atoms with van der Waals surface area (Å²) in [7, 11) is 1.55. The molecule has 0 aliphatic heterocycles. The van der Waals surface area contributed by atoms with Gasteiger partial charge in [-0.1, -0.05) is 48.0 Å². The number of rotatable bonds is 10. The standard InChI is InChI=1S/C31H30N2O5/c1-4-16-32(31(36)24-11-13-26(37-3)14-12-24)20-29(34)33(18-23-8-6-5-7-9-23)19-25-21-38-28-15-10-22(2)17-27(28)30(25)35/h4-15,17,21H,1,16,18-20H2,2-3H3. The molecule has 0 unspecified atom stereocenters. The highest BCUT2D eigenvalue weighted by molar-refractivity contribution is 5.96. The summed E-state index contributed by atoms with van der Waals surface area (Å²) in [6, 6.07) is 21.6. The van der Waals surface area contributed by atoms with Gasteiger partial charge in [-0.15, -0.1) is 6.58 Å². The first-order chi connectivity index (χ1) is 18.4. The number of fused-ring (bicyclic) bond motifs is 1. The Labute approximate surface area is 221 Å². The topological polar surface area (TPSA) is 80.1 Å². The minimum Gasteiger partial charge on any atom is -0.497 e. The number of carbonyl (C=O) groups is 2. The lowest BCUT2D eigenvalue weighted by Crippen LogP contribution is -2.43. The van der Waals surface area contributed by atoms with Crippen molar-refractivity contribution in [1.82, 2.24) is 9.80 Å². The number of aryl methyl sites for hydroxylation is 1. The summed E-state index contributed by atoms with van der Waals surface area (Å²) < 4.78 is 10.9. The van der Waals surface area contributed by atoms with Gasteiger partial charge in [0.05, 0.1) is 30.9 Å². The van der Waals surface area contributed by atoms with Crippen LogP contribution in [0.5, 0.6) is 5.75 Å². The zero-order valence-corrected chi connectivity index (χ0v) is 21.6. The first kappa shape index (κ1) is 26.4. The van der Waals surface area contributed by atoms with Gasteiger partial charge >= 0.3 is 0 Å². The van der Waals surface area contributed by atoms with Crippen LogP contribution in [0.3, 0.4) is 0 Å². The summed E-state index contributed by atoms with van der Waals surface area (Å²) in [6.45, 7) is 5.97. The third-order valence-corrected chi connectivity index (χ3v) is 6.23. The van der Waals surface area contributed by atoms with Gasteiger partial charge in [0.1, 0.15) is 17.9 Å². The lowest BCUT2D eigenvalue weighted by Gasteiger charge is -2.27. The molecule has 0 spiro atoms. The van der Waals surface area contributed by atoms with Crippen molar-refractivity contribution < 1.29 is 18.7 Å². The number of ether oxygens (including phenoxy) is 1. The Balaban J connectivity index is 1.62. The van der Waals surface area contributed by atoms with Gasteiger partial charge in [0, 0.05) is 18.7 Å². The molecule has 4 aromatic rings. The van der Waals surface area contributed by atoms with E-state index in [4.69, 9.17) is 9.15 Å². The molecule has 0 radical (unpaired) electrons. The molecule has 194 valence electrons. The molecular weight excluding hydrogens is 480 g/mol. The maximum Gasteiger partial charge on any atom is 0.254 e. The van der Waals surface area contributed by atoms with Crippen LogP contribution in [0.2, 0.25) is 0 Å². The molecule has 0 saturated carbocycles. The van der Waals surface area contributed by atoms with E-state index < -0.39 is 0 Å².